The highest BCUT2D eigenvalue weighted by atomic mass is 35.5. The SMILES string of the molecule is Nc1c(Cl)c(F)nc(C(=O)C(=O)O)c1Cl. The highest BCUT2D eigenvalue weighted by molar-refractivity contribution is 6.46. The number of anilines is 1. The van der Waals surface area contributed by atoms with Crippen LogP contribution in [0.1, 0.15) is 10.5 Å². The maximum Gasteiger partial charge on any atom is 0.378 e. The molecule has 80 valence electrons. The van der Waals surface area contributed by atoms with Crippen molar-refractivity contribution in [1.82, 2.24) is 4.98 Å². The van der Waals surface area contributed by atoms with Crippen molar-refractivity contribution >= 4 is 40.6 Å². The summed E-state index contributed by atoms with van der Waals surface area (Å²) in [5.74, 6) is -4.52. The smallest absolute Gasteiger partial charge is 0.378 e. The van der Waals surface area contributed by atoms with Crippen molar-refractivity contribution in [2.24, 2.45) is 0 Å². The summed E-state index contributed by atoms with van der Waals surface area (Å²) in [4.78, 5) is 24.3. The number of hydrogen-bond donors (Lipinski definition) is 2. The third kappa shape index (κ3) is 2.00. The summed E-state index contributed by atoms with van der Waals surface area (Å²) in [6.07, 6.45) is 0. The van der Waals surface area contributed by atoms with E-state index in [2.05, 4.69) is 4.98 Å². The molecule has 0 aromatic carbocycles. The lowest BCUT2D eigenvalue weighted by Crippen LogP contribution is -2.16. The Morgan fingerprint density at radius 2 is 1.87 bits per heavy atom. The molecule has 1 aromatic rings. The maximum atomic E-state index is 12.9. The van der Waals surface area contributed by atoms with Gasteiger partial charge in [0.15, 0.2) is 0 Å². The zero-order valence-corrected chi connectivity index (χ0v) is 8.43. The summed E-state index contributed by atoms with van der Waals surface area (Å²) < 4.78 is 12.9. The van der Waals surface area contributed by atoms with Gasteiger partial charge in [0.2, 0.25) is 5.95 Å². The molecule has 3 N–H and O–H groups in total. The van der Waals surface area contributed by atoms with Crippen LogP contribution in [0.3, 0.4) is 0 Å². The molecule has 0 saturated carbocycles. The molecule has 5 nitrogen and oxygen atoms in total. The molecule has 0 fully saturated rings. The van der Waals surface area contributed by atoms with Gasteiger partial charge in [-0.3, -0.25) is 4.79 Å². The zero-order chi connectivity index (χ0) is 11.7. The van der Waals surface area contributed by atoms with E-state index in [1.807, 2.05) is 0 Å². The lowest BCUT2D eigenvalue weighted by atomic mass is 10.2. The number of carboxylic acids is 1. The molecule has 0 amide bonds. The number of carbonyl (C=O) groups excluding carboxylic acids is 1. The number of nitrogen functional groups attached to an aromatic ring is 1. The summed E-state index contributed by atoms with van der Waals surface area (Å²) in [6.45, 7) is 0. The van der Waals surface area contributed by atoms with E-state index < -0.39 is 39.1 Å². The van der Waals surface area contributed by atoms with Gasteiger partial charge >= 0.3 is 5.97 Å². The highest BCUT2D eigenvalue weighted by Crippen LogP contribution is 2.31. The van der Waals surface area contributed by atoms with Crippen molar-refractivity contribution in [3.05, 3.63) is 21.7 Å². The number of aliphatic carboxylic acids is 1. The predicted octanol–water partition coefficient (Wildman–Crippen LogP) is 1.38. The second-order valence-corrected chi connectivity index (χ2v) is 3.18. The average Bonchev–Trinajstić information content (AvgIpc) is 2.19. The van der Waals surface area contributed by atoms with E-state index in [0.29, 0.717) is 0 Å². The molecular formula is C7H3Cl2FN2O3. The molecule has 8 heteroatoms. The number of pyridine rings is 1. The van der Waals surface area contributed by atoms with Crippen LogP contribution in [0.25, 0.3) is 0 Å². The second-order valence-electron chi connectivity index (χ2n) is 2.43. The molecule has 0 spiro atoms. The number of halogens is 3. The summed E-state index contributed by atoms with van der Waals surface area (Å²) in [5, 5.41) is 7.33. The molecule has 1 rings (SSSR count). The predicted molar refractivity (Wildman–Crippen MR) is 50.6 cm³/mol. The number of aromatic nitrogens is 1. The Kier molecular flexibility index (Phi) is 3.11. The largest absolute Gasteiger partial charge is 0.475 e. The number of nitrogens with two attached hydrogens (primary N) is 1. The van der Waals surface area contributed by atoms with Crippen molar-refractivity contribution in [3.8, 4) is 0 Å². The van der Waals surface area contributed by atoms with E-state index in [0.717, 1.165) is 0 Å². The summed E-state index contributed by atoms with van der Waals surface area (Å²) in [6, 6.07) is 0. The molecule has 0 saturated heterocycles. The van der Waals surface area contributed by atoms with Crippen molar-refractivity contribution < 1.29 is 19.1 Å². The van der Waals surface area contributed by atoms with Gasteiger partial charge in [-0.15, -0.1) is 0 Å². The average molecular weight is 253 g/mol. The molecule has 1 heterocycles. The van der Waals surface area contributed by atoms with Crippen LogP contribution in [0.4, 0.5) is 10.1 Å². The number of ketones is 1. The number of rotatable bonds is 2. The van der Waals surface area contributed by atoms with Crippen LogP contribution in [0.5, 0.6) is 0 Å². The minimum atomic E-state index is -1.81. The molecule has 0 bridgehead atoms. The first kappa shape index (κ1) is 11.7. The standard InChI is InChI=1S/C7H3Cl2FN2O3/c8-1-3(11)2(9)6(10)12-4(1)5(13)7(14)15/h(H2,11,12)(H,14,15). The Morgan fingerprint density at radius 1 is 1.33 bits per heavy atom. The number of carboxylic acid groups (broad SMARTS) is 1. The van der Waals surface area contributed by atoms with Gasteiger partial charge in [-0.1, -0.05) is 23.2 Å². The fourth-order valence-corrected chi connectivity index (χ4v) is 1.19. The van der Waals surface area contributed by atoms with Gasteiger partial charge in [-0.25, -0.2) is 9.78 Å². The first-order chi connectivity index (χ1) is 6.86. The van der Waals surface area contributed by atoms with Crippen LogP contribution in [-0.2, 0) is 4.79 Å². The van der Waals surface area contributed by atoms with Crippen molar-refractivity contribution in [2.75, 3.05) is 5.73 Å². The number of carbonyl (C=O) groups is 2. The molecule has 0 aliphatic rings. The number of nitrogens with zero attached hydrogens (tertiary/aromatic N) is 1. The van der Waals surface area contributed by atoms with Gasteiger partial charge in [0.1, 0.15) is 10.7 Å². The Hall–Kier alpha value is -1.40. The monoisotopic (exact) mass is 252 g/mol. The van der Waals surface area contributed by atoms with Crippen LogP contribution in [0.15, 0.2) is 0 Å². The molecule has 15 heavy (non-hydrogen) atoms. The van der Waals surface area contributed by atoms with Gasteiger partial charge in [0, 0.05) is 0 Å². The Labute approximate surface area is 92.6 Å². The zero-order valence-electron chi connectivity index (χ0n) is 6.92. The Bertz CT molecular complexity index is 464. The maximum absolute atomic E-state index is 12.9. The molecule has 0 aliphatic heterocycles. The van der Waals surface area contributed by atoms with E-state index in [9.17, 15) is 14.0 Å². The summed E-state index contributed by atoms with van der Waals surface area (Å²) in [7, 11) is 0. The van der Waals surface area contributed by atoms with Crippen LogP contribution in [0.2, 0.25) is 10.0 Å². The Morgan fingerprint density at radius 3 is 2.33 bits per heavy atom. The number of hydrogen-bond acceptors (Lipinski definition) is 4. The minimum absolute atomic E-state index is 0.421. The van der Waals surface area contributed by atoms with Gasteiger partial charge < -0.3 is 10.8 Å². The fourth-order valence-electron chi connectivity index (χ4n) is 0.783. The molecular weight excluding hydrogens is 250 g/mol. The summed E-state index contributed by atoms with van der Waals surface area (Å²) >= 11 is 10.8. The molecule has 0 unspecified atom stereocenters. The molecule has 0 atom stereocenters. The van der Waals surface area contributed by atoms with Crippen molar-refractivity contribution in [3.63, 3.8) is 0 Å². The third-order valence-electron chi connectivity index (χ3n) is 1.48. The lowest BCUT2D eigenvalue weighted by Gasteiger charge is -2.05. The van der Waals surface area contributed by atoms with Crippen LogP contribution in [0, 0.1) is 5.95 Å². The normalized spacial score (nSPS) is 10.1. The second kappa shape index (κ2) is 4.00. The summed E-state index contributed by atoms with van der Waals surface area (Å²) in [5.41, 5.74) is 4.04. The van der Waals surface area contributed by atoms with Crippen LogP contribution >= 0.6 is 23.2 Å². The van der Waals surface area contributed by atoms with E-state index >= 15 is 0 Å². The van der Waals surface area contributed by atoms with E-state index in [1.54, 1.807) is 0 Å². The van der Waals surface area contributed by atoms with Crippen LogP contribution < -0.4 is 5.73 Å². The van der Waals surface area contributed by atoms with Crippen LogP contribution in [-0.4, -0.2) is 21.8 Å². The molecule has 0 aliphatic carbocycles. The minimum Gasteiger partial charge on any atom is -0.475 e. The van der Waals surface area contributed by atoms with E-state index in [-0.39, 0.29) is 0 Å². The number of Topliss-reactive ketones (excluding diaryl/α,β-unsaturated/α-hetero) is 1. The quantitative estimate of drug-likeness (QED) is 0.471. The first-order valence-corrected chi connectivity index (χ1v) is 4.19. The van der Waals surface area contributed by atoms with Gasteiger partial charge in [-0.05, 0) is 0 Å². The van der Waals surface area contributed by atoms with Crippen molar-refractivity contribution in [1.29, 1.82) is 0 Å². The lowest BCUT2D eigenvalue weighted by molar-refractivity contribution is -0.131. The van der Waals surface area contributed by atoms with E-state index in [4.69, 9.17) is 34.0 Å². The third-order valence-corrected chi connectivity index (χ3v) is 2.22. The van der Waals surface area contributed by atoms with Gasteiger partial charge in [0.25, 0.3) is 5.78 Å². The van der Waals surface area contributed by atoms with Gasteiger partial charge in [0.05, 0.1) is 10.7 Å². The topological polar surface area (TPSA) is 93.3 Å². The van der Waals surface area contributed by atoms with Gasteiger partial charge in [-0.2, -0.15) is 4.39 Å². The molecule has 0 radical (unpaired) electrons. The molecule has 1 aromatic heterocycles. The first-order valence-electron chi connectivity index (χ1n) is 3.43. The fraction of sp³-hybridized carbons (Fsp3) is 0. The highest BCUT2D eigenvalue weighted by Gasteiger charge is 2.24. The van der Waals surface area contributed by atoms with Crippen molar-refractivity contribution in [2.45, 2.75) is 0 Å². The Balaban J connectivity index is 3.45. The van der Waals surface area contributed by atoms with E-state index in [1.165, 1.54) is 0 Å².